The quantitative estimate of drug-likeness (QED) is 0.0475. The second-order valence-electron chi connectivity index (χ2n) is 13.4. The van der Waals surface area contributed by atoms with Crippen LogP contribution in [0.2, 0.25) is 0 Å². The summed E-state index contributed by atoms with van der Waals surface area (Å²) in [4.78, 5) is 57.0. The van der Waals surface area contributed by atoms with E-state index >= 15 is 0 Å². The fourth-order valence-corrected chi connectivity index (χ4v) is 6.03. The topological polar surface area (TPSA) is 288 Å². The predicted molar refractivity (Wildman–Crippen MR) is 222 cm³/mol. The molecule has 23 nitrogen and oxygen atoms in total. The lowest BCUT2D eigenvalue weighted by atomic mass is 10.1. The van der Waals surface area contributed by atoms with Crippen molar-refractivity contribution in [3.63, 3.8) is 0 Å². The van der Waals surface area contributed by atoms with Gasteiger partial charge in [0.15, 0.2) is 17.2 Å². The molecule has 1 aliphatic rings. The Hall–Kier alpha value is -7.57. The van der Waals surface area contributed by atoms with Gasteiger partial charge < -0.3 is 37.9 Å². The van der Waals surface area contributed by atoms with Crippen molar-refractivity contribution in [1.29, 1.82) is 0 Å². The molecule has 0 saturated carbocycles. The molecule has 0 fully saturated rings. The summed E-state index contributed by atoms with van der Waals surface area (Å²) in [7, 11) is 0. The van der Waals surface area contributed by atoms with Crippen molar-refractivity contribution in [2.24, 2.45) is 10.2 Å². The van der Waals surface area contributed by atoms with Gasteiger partial charge in [-0.05, 0) is 41.1 Å². The number of ether oxygens (including phenoxy) is 8. The monoisotopic (exact) mass is 886 g/mol. The molecule has 5 aromatic carbocycles. The van der Waals surface area contributed by atoms with E-state index in [1.54, 1.807) is 12.1 Å². The van der Waals surface area contributed by atoms with Gasteiger partial charge in [-0.1, -0.05) is 24.3 Å². The van der Waals surface area contributed by atoms with Crippen LogP contribution in [0.25, 0.3) is 10.8 Å². The number of hydrogen-bond acceptors (Lipinski definition) is 19. The summed E-state index contributed by atoms with van der Waals surface area (Å²) in [5.74, 6) is -0.854. The molecule has 0 aliphatic carbocycles. The number of hydrogen-bond donors (Lipinski definition) is 0. The van der Waals surface area contributed by atoms with E-state index in [1.807, 2.05) is 24.3 Å². The van der Waals surface area contributed by atoms with Crippen LogP contribution in [0.1, 0.15) is 21.5 Å². The van der Waals surface area contributed by atoms with Gasteiger partial charge in [-0.25, -0.2) is 4.79 Å². The van der Waals surface area contributed by atoms with Gasteiger partial charge in [0, 0.05) is 29.3 Å². The van der Waals surface area contributed by atoms with E-state index in [2.05, 4.69) is 10.2 Å². The lowest BCUT2D eigenvalue weighted by molar-refractivity contribution is -0.394. The summed E-state index contributed by atoms with van der Waals surface area (Å²) in [6, 6.07) is 18.8. The molecule has 0 amide bonds. The minimum absolute atomic E-state index is 0.0118. The molecule has 23 heteroatoms. The number of esters is 1. The molecule has 5 aromatic rings. The number of benzene rings is 5. The number of nitro benzene ring substituents is 4. The SMILES string of the molecule is O=C(Oc1c2cc(N=Nc3ccc([N+](=O)[O-])cc3[N+](=O)[O-])cc1COc1cc3ccccc3cc1OCCOCCOCCOCCOCCOC2)c1cc([N+](=O)[O-])cc([N+](=O)[O-])c1. The summed E-state index contributed by atoms with van der Waals surface area (Å²) in [6.07, 6.45) is 0. The Labute approximate surface area is 361 Å². The highest BCUT2D eigenvalue weighted by atomic mass is 16.6. The number of carbonyl (C=O) groups excluding carboxylic acids is 1. The third-order valence-electron chi connectivity index (χ3n) is 9.05. The van der Waals surface area contributed by atoms with Gasteiger partial charge in [0.1, 0.15) is 19.0 Å². The normalized spacial score (nSPS) is 14.9. The zero-order valence-corrected chi connectivity index (χ0v) is 33.7. The molecular formula is C41H38N6O17. The number of azo groups is 1. The van der Waals surface area contributed by atoms with Gasteiger partial charge in [-0.15, -0.1) is 5.11 Å². The number of non-ortho nitro benzene ring substituents is 3. The van der Waals surface area contributed by atoms with Gasteiger partial charge in [0.05, 0.1) is 109 Å². The Kier molecular flexibility index (Phi) is 16.2. The van der Waals surface area contributed by atoms with E-state index in [0.29, 0.717) is 38.2 Å². The van der Waals surface area contributed by atoms with Crippen molar-refractivity contribution in [3.05, 3.63) is 142 Å². The van der Waals surface area contributed by atoms with E-state index in [1.165, 1.54) is 12.1 Å². The maximum Gasteiger partial charge on any atom is 0.344 e. The summed E-state index contributed by atoms with van der Waals surface area (Å²) < 4.78 is 46.6. The highest BCUT2D eigenvalue weighted by Crippen LogP contribution is 2.38. The van der Waals surface area contributed by atoms with Crippen molar-refractivity contribution in [2.45, 2.75) is 13.2 Å². The standard InChI is InChI=1S/C41H38N6O17/c48-41(29-19-34(45(51)52)23-35(20-29)46(53)54)64-40-30-17-32(42-43-36-6-5-33(44(49)50)24-37(36)47(55)56)18-31(40)26-63-39-22-28-4-2-1-3-27(28)21-38(39)62-16-15-60-12-11-58-8-7-57-9-10-59-13-14-61-25-30/h1-6,17-24H,7-16,25-26H2. The number of carbonyl (C=O) groups is 1. The molecule has 6 rings (SSSR count). The minimum Gasteiger partial charge on any atom is -0.487 e. The molecule has 64 heavy (non-hydrogen) atoms. The Morgan fingerprint density at radius 1 is 0.516 bits per heavy atom. The third-order valence-corrected chi connectivity index (χ3v) is 9.05. The average molecular weight is 887 g/mol. The third kappa shape index (κ3) is 12.7. The first-order chi connectivity index (χ1) is 31.0. The number of nitro groups is 4. The smallest absolute Gasteiger partial charge is 0.344 e. The second-order valence-corrected chi connectivity index (χ2v) is 13.4. The first-order valence-electron chi connectivity index (χ1n) is 19.3. The molecule has 1 heterocycles. The molecule has 0 N–H and O–H groups in total. The van der Waals surface area contributed by atoms with Crippen LogP contribution in [0.15, 0.2) is 95.2 Å². The van der Waals surface area contributed by atoms with Gasteiger partial charge in [0.25, 0.3) is 17.1 Å². The van der Waals surface area contributed by atoms with Crippen LogP contribution >= 0.6 is 0 Å². The summed E-state index contributed by atoms with van der Waals surface area (Å²) >= 11 is 0. The fraction of sp³-hybridized carbons (Fsp3) is 0.293. The van der Waals surface area contributed by atoms with Crippen molar-refractivity contribution in [1.82, 2.24) is 0 Å². The Morgan fingerprint density at radius 3 is 1.58 bits per heavy atom. The maximum absolute atomic E-state index is 13.8. The number of fused-ring (bicyclic) bond motifs is 4. The van der Waals surface area contributed by atoms with Gasteiger partial charge >= 0.3 is 11.7 Å². The molecule has 0 spiro atoms. The first kappa shape index (κ1) is 45.9. The lowest BCUT2D eigenvalue weighted by Gasteiger charge is -2.18. The molecule has 0 radical (unpaired) electrons. The van der Waals surface area contributed by atoms with Crippen LogP contribution in [-0.4, -0.2) is 91.7 Å². The summed E-state index contributed by atoms with van der Waals surface area (Å²) in [5.41, 5.74) is -3.36. The largest absolute Gasteiger partial charge is 0.487 e. The zero-order chi connectivity index (χ0) is 45.4. The lowest BCUT2D eigenvalue weighted by Crippen LogP contribution is -2.15. The minimum atomic E-state index is -1.22. The van der Waals surface area contributed by atoms with E-state index in [-0.39, 0.29) is 80.2 Å². The van der Waals surface area contributed by atoms with Gasteiger partial charge in [-0.2, -0.15) is 5.11 Å². The summed E-state index contributed by atoms with van der Waals surface area (Å²) in [5, 5.41) is 56.4. The average Bonchev–Trinajstić information content (AvgIpc) is 3.28. The van der Waals surface area contributed by atoms with E-state index in [4.69, 9.17) is 37.9 Å². The van der Waals surface area contributed by atoms with Crippen LogP contribution in [0.3, 0.4) is 0 Å². The van der Waals surface area contributed by atoms with Crippen LogP contribution in [0, 0.1) is 40.5 Å². The first-order valence-corrected chi connectivity index (χ1v) is 19.3. The molecule has 334 valence electrons. The van der Waals surface area contributed by atoms with Crippen LogP contribution in [0.4, 0.5) is 34.1 Å². The van der Waals surface area contributed by atoms with Crippen LogP contribution in [-0.2, 0) is 36.9 Å². The van der Waals surface area contributed by atoms with E-state index < -0.39 is 60.6 Å². The van der Waals surface area contributed by atoms with E-state index in [0.717, 1.165) is 41.1 Å². The van der Waals surface area contributed by atoms with Crippen molar-refractivity contribution in [2.75, 3.05) is 66.1 Å². The summed E-state index contributed by atoms with van der Waals surface area (Å²) in [6.45, 7) is 1.54. The Bertz CT molecular complexity index is 2520. The van der Waals surface area contributed by atoms with Gasteiger partial charge in [-0.3, -0.25) is 40.5 Å². The fourth-order valence-electron chi connectivity index (χ4n) is 6.03. The van der Waals surface area contributed by atoms with Crippen molar-refractivity contribution in [3.8, 4) is 17.2 Å². The number of nitrogens with zero attached hydrogens (tertiary/aromatic N) is 6. The van der Waals surface area contributed by atoms with Crippen LogP contribution < -0.4 is 14.2 Å². The highest BCUT2D eigenvalue weighted by Gasteiger charge is 2.25. The highest BCUT2D eigenvalue weighted by molar-refractivity contribution is 5.93. The second kappa shape index (κ2) is 22.5. The molecule has 0 atom stereocenters. The maximum atomic E-state index is 13.8. The molecule has 0 saturated heterocycles. The zero-order valence-electron chi connectivity index (χ0n) is 33.7. The Balaban J connectivity index is 1.44. The molecule has 2 bridgehead atoms. The molecular weight excluding hydrogens is 848 g/mol. The van der Waals surface area contributed by atoms with E-state index in [9.17, 15) is 45.3 Å². The molecule has 1 aliphatic heterocycles. The van der Waals surface area contributed by atoms with Crippen molar-refractivity contribution < 1.29 is 62.4 Å². The Morgan fingerprint density at radius 2 is 1.03 bits per heavy atom. The molecule has 0 unspecified atom stereocenters. The van der Waals surface area contributed by atoms with Gasteiger partial charge in [0.2, 0.25) is 0 Å². The molecule has 0 aromatic heterocycles. The predicted octanol–water partition coefficient (Wildman–Crippen LogP) is 7.66. The number of rotatable bonds is 8. The van der Waals surface area contributed by atoms with Crippen LogP contribution in [0.5, 0.6) is 17.2 Å². The van der Waals surface area contributed by atoms with Crippen molar-refractivity contribution >= 4 is 50.9 Å².